The third-order valence-electron chi connectivity index (χ3n) is 4.04. The zero-order valence-electron chi connectivity index (χ0n) is 14.2. The predicted molar refractivity (Wildman–Crippen MR) is 91.7 cm³/mol. The van der Waals surface area contributed by atoms with Gasteiger partial charge in [-0.1, -0.05) is 20.8 Å². The van der Waals surface area contributed by atoms with Crippen LogP contribution in [0.1, 0.15) is 32.2 Å². The van der Waals surface area contributed by atoms with E-state index in [1.807, 2.05) is 12.1 Å². The van der Waals surface area contributed by atoms with E-state index in [4.69, 9.17) is 5.26 Å². The molecule has 0 atom stereocenters. The Bertz CT molecular complexity index is 720. The van der Waals surface area contributed by atoms with Gasteiger partial charge in [-0.25, -0.2) is 9.97 Å². The molecule has 24 heavy (non-hydrogen) atoms. The summed E-state index contributed by atoms with van der Waals surface area (Å²) >= 11 is 0. The van der Waals surface area contributed by atoms with Gasteiger partial charge in [0.2, 0.25) is 0 Å². The van der Waals surface area contributed by atoms with Crippen molar-refractivity contribution in [2.24, 2.45) is 5.92 Å². The first-order valence-corrected chi connectivity index (χ1v) is 8.01. The molecule has 7 nitrogen and oxygen atoms in total. The molecule has 3 rings (SSSR count). The maximum atomic E-state index is 8.70. The fourth-order valence-electron chi connectivity index (χ4n) is 2.51. The average Bonchev–Trinajstić information content (AvgIpc) is 2.53. The molecular formula is C17H21N7. The second-order valence-corrected chi connectivity index (χ2v) is 7.08. The first-order valence-electron chi connectivity index (χ1n) is 8.01. The largest absolute Gasteiger partial charge is 0.368 e. The molecule has 3 heterocycles. The predicted octanol–water partition coefficient (Wildman–Crippen LogP) is 1.98. The van der Waals surface area contributed by atoms with Gasteiger partial charge in [0.25, 0.3) is 0 Å². The molecule has 0 aliphatic carbocycles. The van der Waals surface area contributed by atoms with Crippen molar-refractivity contribution in [3.63, 3.8) is 0 Å². The normalized spacial score (nSPS) is 14.8. The molecule has 0 radical (unpaired) electrons. The van der Waals surface area contributed by atoms with Crippen LogP contribution >= 0.6 is 0 Å². The fourth-order valence-corrected chi connectivity index (χ4v) is 2.51. The third kappa shape index (κ3) is 3.59. The molecule has 1 saturated heterocycles. The summed E-state index contributed by atoms with van der Waals surface area (Å²) in [5.74, 6) is 2.16. The van der Waals surface area contributed by atoms with Gasteiger partial charge in [-0.2, -0.15) is 10.4 Å². The van der Waals surface area contributed by atoms with Crippen molar-refractivity contribution in [1.29, 1.82) is 5.26 Å². The smallest absolute Gasteiger partial charge is 0.158 e. The minimum Gasteiger partial charge on any atom is -0.368 e. The molecule has 2 aromatic heterocycles. The monoisotopic (exact) mass is 323 g/mol. The van der Waals surface area contributed by atoms with Gasteiger partial charge in [0, 0.05) is 31.0 Å². The topological polar surface area (TPSA) is 90.6 Å². The van der Waals surface area contributed by atoms with E-state index in [2.05, 4.69) is 57.2 Å². The van der Waals surface area contributed by atoms with Gasteiger partial charge < -0.3 is 10.2 Å². The lowest BCUT2D eigenvalue weighted by molar-refractivity contribution is 0.424. The summed E-state index contributed by atoms with van der Waals surface area (Å²) in [7, 11) is 0. The van der Waals surface area contributed by atoms with Gasteiger partial charge in [-0.3, -0.25) is 0 Å². The number of hydrogen-bond acceptors (Lipinski definition) is 7. The highest BCUT2D eigenvalue weighted by Gasteiger charge is 2.28. The molecule has 124 valence electrons. The number of nitriles is 1. The molecule has 0 amide bonds. The summed E-state index contributed by atoms with van der Waals surface area (Å²) in [4.78, 5) is 10.4. The molecule has 7 heteroatoms. The van der Waals surface area contributed by atoms with E-state index in [9.17, 15) is 0 Å². The first-order chi connectivity index (χ1) is 11.5. The van der Waals surface area contributed by atoms with Crippen molar-refractivity contribution in [2.75, 3.05) is 29.9 Å². The van der Waals surface area contributed by atoms with E-state index >= 15 is 0 Å². The maximum absolute atomic E-state index is 8.70. The minimum atomic E-state index is 0.0229. The Kier molecular flexibility index (Phi) is 4.30. The molecule has 2 aromatic rings. The van der Waals surface area contributed by atoms with Crippen LogP contribution in [0.2, 0.25) is 0 Å². The summed E-state index contributed by atoms with van der Waals surface area (Å²) in [6, 6.07) is 6.06. The highest BCUT2D eigenvalue weighted by molar-refractivity contribution is 5.42. The molecule has 0 unspecified atom stereocenters. The maximum Gasteiger partial charge on any atom is 0.158 e. The van der Waals surface area contributed by atoms with Crippen LogP contribution in [-0.2, 0) is 5.41 Å². The number of rotatable bonds is 4. The van der Waals surface area contributed by atoms with Crippen LogP contribution in [0.25, 0.3) is 0 Å². The molecule has 1 fully saturated rings. The van der Waals surface area contributed by atoms with Crippen LogP contribution in [0, 0.1) is 17.2 Å². The van der Waals surface area contributed by atoms with Crippen molar-refractivity contribution >= 4 is 11.6 Å². The van der Waals surface area contributed by atoms with Gasteiger partial charge in [0.15, 0.2) is 11.5 Å². The lowest BCUT2D eigenvalue weighted by Crippen LogP contribution is -2.50. The van der Waals surface area contributed by atoms with Gasteiger partial charge in [-0.15, -0.1) is 5.10 Å². The SMILES string of the molecule is CC(C)(C)c1ccc(N2CC(CNc3cnc(C#N)cn3)C2)nn1. The van der Waals surface area contributed by atoms with E-state index in [0.717, 1.165) is 31.1 Å². The quantitative estimate of drug-likeness (QED) is 0.920. The fraction of sp³-hybridized carbons (Fsp3) is 0.471. The number of nitrogens with one attached hydrogen (secondary N) is 1. The van der Waals surface area contributed by atoms with Gasteiger partial charge in [-0.05, 0) is 12.1 Å². The van der Waals surface area contributed by atoms with Crippen molar-refractivity contribution in [1.82, 2.24) is 20.2 Å². The molecule has 1 aliphatic rings. The summed E-state index contributed by atoms with van der Waals surface area (Å²) in [5, 5.41) is 20.6. The Hall–Kier alpha value is -2.75. The van der Waals surface area contributed by atoms with E-state index in [0.29, 0.717) is 17.4 Å². The second-order valence-electron chi connectivity index (χ2n) is 7.08. The number of anilines is 2. The van der Waals surface area contributed by atoms with Gasteiger partial charge >= 0.3 is 0 Å². The summed E-state index contributed by atoms with van der Waals surface area (Å²) in [6.45, 7) is 9.11. The van der Waals surface area contributed by atoms with Crippen LogP contribution in [-0.4, -0.2) is 39.8 Å². The molecule has 0 aromatic carbocycles. The molecular weight excluding hydrogens is 302 g/mol. The van der Waals surface area contributed by atoms with Gasteiger partial charge in [0.1, 0.15) is 11.9 Å². The first kappa shape index (κ1) is 16.1. The zero-order chi connectivity index (χ0) is 17.2. The Morgan fingerprint density at radius 1 is 1.21 bits per heavy atom. The third-order valence-corrected chi connectivity index (χ3v) is 4.04. The Morgan fingerprint density at radius 2 is 2.00 bits per heavy atom. The van der Waals surface area contributed by atoms with Crippen LogP contribution < -0.4 is 10.2 Å². The molecule has 0 bridgehead atoms. The van der Waals surface area contributed by atoms with Crippen LogP contribution in [0.4, 0.5) is 11.6 Å². The van der Waals surface area contributed by atoms with Crippen LogP contribution in [0.5, 0.6) is 0 Å². The summed E-state index contributed by atoms with van der Waals surface area (Å²) < 4.78 is 0. The van der Waals surface area contributed by atoms with E-state index in [1.165, 1.54) is 6.20 Å². The van der Waals surface area contributed by atoms with E-state index in [1.54, 1.807) is 6.20 Å². The lowest BCUT2D eigenvalue weighted by Gasteiger charge is -2.40. The molecule has 1 N–H and O–H groups in total. The Balaban J connectivity index is 1.48. The number of hydrogen-bond donors (Lipinski definition) is 1. The highest BCUT2D eigenvalue weighted by Crippen LogP contribution is 2.25. The van der Waals surface area contributed by atoms with Crippen molar-refractivity contribution in [3.05, 3.63) is 35.9 Å². The van der Waals surface area contributed by atoms with Crippen molar-refractivity contribution in [3.8, 4) is 6.07 Å². The molecule has 1 aliphatic heterocycles. The Labute approximate surface area is 141 Å². The zero-order valence-corrected chi connectivity index (χ0v) is 14.2. The van der Waals surface area contributed by atoms with E-state index in [-0.39, 0.29) is 5.41 Å². The number of nitrogens with zero attached hydrogens (tertiary/aromatic N) is 6. The average molecular weight is 323 g/mol. The van der Waals surface area contributed by atoms with Crippen LogP contribution in [0.3, 0.4) is 0 Å². The van der Waals surface area contributed by atoms with Crippen molar-refractivity contribution < 1.29 is 0 Å². The second kappa shape index (κ2) is 6.40. The van der Waals surface area contributed by atoms with Crippen molar-refractivity contribution in [2.45, 2.75) is 26.2 Å². The highest BCUT2D eigenvalue weighted by atomic mass is 15.3. The van der Waals surface area contributed by atoms with Crippen LogP contribution in [0.15, 0.2) is 24.5 Å². The van der Waals surface area contributed by atoms with E-state index < -0.39 is 0 Å². The minimum absolute atomic E-state index is 0.0229. The Morgan fingerprint density at radius 3 is 2.54 bits per heavy atom. The number of aromatic nitrogens is 4. The summed E-state index contributed by atoms with van der Waals surface area (Å²) in [6.07, 6.45) is 3.06. The molecule has 0 saturated carbocycles. The molecule has 0 spiro atoms. The van der Waals surface area contributed by atoms with Gasteiger partial charge in [0.05, 0.1) is 18.1 Å². The summed E-state index contributed by atoms with van der Waals surface area (Å²) in [5.41, 5.74) is 1.35. The lowest BCUT2D eigenvalue weighted by atomic mass is 9.92. The standard InChI is InChI=1S/C17H21N7/c1-17(2,3)14-4-5-16(23-22-14)24-10-12(11-24)7-20-15-9-19-13(6-18)8-21-15/h4-5,8-9,12H,7,10-11H2,1-3H3,(H,20,21).